The van der Waals surface area contributed by atoms with Crippen molar-refractivity contribution in [2.24, 2.45) is 0 Å². The summed E-state index contributed by atoms with van der Waals surface area (Å²) in [7, 11) is 0. The standard InChI is InChI=1S/C8H7N3S/c1-3-4-11-8(12-2)7(5-9)6-10/h1,11H,4H2,2H3. The molecule has 0 rings (SSSR count). The third-order valence-corrected chi connectivity index (χ3v) is 1.76. The van der Waals surface area contributed by atoms with E-state index in [2.05, 4.69) is 11.2 Å². The highest BCUT2D eigenvalue weighted by Crippen LogP contribution is 2.11. The maximum atomic E-state index is 8.49. The molecular formula is C8H7N3S. The Bertz CT molecular complexity index is 282. The molecule has 0 aromatic carbocycles. The molecule has 0 saturated carbocycles. The van der Waals surface area contributed by atoms with Gasteiger partial charge in [0.25, 0.3) is 0 Å². The first-order valence-corrected chi connectivity index (χ1v) is 4.28. The Labute approximate surface area is 76.1 Å². The molecule has 4 heteroatoms. The Morgan fingerprint density at radius 2 is 2.08 bits per heavy atom. The van der Waals surface area contributed by atoms with E-state index in [9.17, 15) is 0 Å². The Balaban J connectivity index is 4.55. The normalized spacial score (nSPS) is 7.17. The van der Waals surface area contributed by atoms with Gasteiger partial charge in [0.15, 0.2) is 5.57 Å². The zero-order valence-electron chi connectivity index (χ0n) is 6.59. The van der Waals surface area contributed by atoms with Gasteiger partial charge in [-0.25, -0.2) is 0 Å². The quantitative estimate of drug-likeness (QED) is 0.512. The zero-order chi connectivity index (χ0) is 9.40. The van der Waals surface area contributed by atoms with Crippen molar-refractivity contribution in [3.05, 3.63) is 10.6 Å². The molecule has 0 atom stereocenters. The van der Waals surface area contributed by atoms with Crippen molar-refractivity contribution in [1.82, 2.24) is 5.32 Å². The van der Waals surface area contributed by atoms with Gasteiger partial charge >= 0.3 is 0 Å². The number of thioether (sulfide) groups is 1. The van der Waals surface area contributed by atoms with Gasteiger partial charge in [0.05, 0.1) is 11.6 Å². The van der Waals surface area contributed by atoms with E-state index in [1.165, 1.54) is 11.8 Å². The van der Waals surface area contributed by atoms with Gasteiger partial charge in [-0.05, 0) is 6.26 Å². The SMILES string of the molecule is C#CCNC(SC)=C(C#N)C#N. The van der Waals surface area contributed by atoms with Crippen LogP contribution < -0.4 is 5.32 Å². The first kappa shape index (κ1) is 10.4. The number of terminal acetylenes is 1. The van der Waals surface area contributed by atoms with E-state index in [0.29, 0.717) is 11.6 Å². The van der Waals surface area contributed by atoms with E-state index in [4.69, 9.17) is 16.9 Å². The molecule has 0 fully saturated rings. The molecule has 0 aromatic rings. The van der Waals surface area contributed by atoms with E-state index in [-0.39, 0.29) is 5.57 Å². The predicted octanol–water partition coefficient (Wildman–Crippen LogP) is 0.831. The van der Waals surface area contributed by atoms with Crippen molar-refractivity contribution in [2.45, 2.75) is 0 Å². The molecule has 60 valence electrons. The number of hydrogen-bond donors (Lipinski definition) is 1. The van der Waals surface area contributed by atoms with E-state index < -0.39 is 0 Å². The molecule has 0 bridgehead atoms. The summed E-state index contributed by atoms with van der Waals surface area (Å²) >= 11 is 1.30. The third-order valence-electron chi connectivity index (χ3n) is 1.01. The Morgan fingerprint density at radius 3 is 2.42 bits per heavy atom. The molecule has 3 nitrogen and oxygen atoms in total. The van der Waals surface area contributed by atoms with E-state index in [0.717, 1.165) is 0 Å². The number of nitrogens with zero attached hydrogens (tertiary/aromatic N) is 2. The number of nitriles is 2. The highest BCUT2D eigenvalue weighted by Gasteiger charge is 2.02. The summed E-state index contributed by atoms with van der Waals surface area (Å²) in [5, 5.41) is 20.3. The second-order valence-corrected chi connectivity index (χ2v) is 2.51. The van der Waals surface area contributed by atoms with Crippen molar-refractivity contribution in [1.29, 1.82) is 10.5 Å². The van der Waals surface area contributed by atoms with E-state index >= 15 is 0 Å². The molecule has 0 spiro atoms. The lowest BCUT2D eigenvalue weighted by molar-refractivity contribution is 0.983. The van der Waals surface area contributed by atoms with Gasteiger partial charge in [0.1, 0.15) is 12.1 Å². The fourth-order valence-corrected chi connectivity index (χ4v) is 1.03. The largest absolute Gasteiger partial charge is 0.367 e. The Morgan fingerprint density at radius 1 is 1.50 bits per heavy atom. The van der Waals surface area contributed by atoms with Crippen molar-refractivity contribution in [2.75, 3.05) is 12.8 Å². The van der Waals surface area contributed by atoms with Crippen LogP contribution in [-0.2, 0) is 0 Å². The van der Waals surface area contributed by atoms with Gasteiger partial charge in [-0.1, -0.05) is 5.92 Å². The fourth-order valence-electron chi connectivity index (χ4n) is 0.520. The summed E-state index contributed by atoms with van der Waals surface area (Å²) in [4.78, 5) is 0. The van der Waals surface area contributed by atoms with Gasteiger partial charge < -0.3 is 5.32 Å². The maximum absolute atomic E-state index is 8.49. The molecular weight excluding hydrogens is 170 g/mol. The minimum absolute atomic E-state index is 0.0674. The molecule has 0 saturated heterocycles. The van der Waals surface area contributed by atoms with Crippen LogP contribution in [-0.4, -0.2) is 12.8 Å². The summed E-state index contributed by atoms with van der Waals surface area (Å²) in [6.07, 6.45) is 6.78. The van der Waals surface area contributed by atoms with Crippen LogP contribution in [0.4, 0.5) is 0 Å². The summed E-state index contributed by atoms with van der Waals surface area (Å²) in [6, 6.07) is 3.56. The fraction of sp³-hybridized carbons (Fsp3) is 0.250. The number of hydrogen-bond acceptors (Lipinski definition) is 4. The molecule has 0 aromatic heterocycles. The molecule has 0 aliphatic heterocycles. The van der Waals surface area contributed by atoms with Crippen LogP contribution in [0.5, 0.6) is 0 Å². The molecule has 0 unspecified atom stereocenters. The Kier molecular flexibility index (Phi) is 5.35. The highest BCUT2D eigenvalue weighted by atomic mass is 32.2. The molecule has 0 aliphatic rings. The summed E-state index contributed by atoms with van der Waals surface area (Å²) < 4.78 is 0. The topological polar surface area (TPSA) is 59.6 Å². The highest BCUT2D eigenvalue weighted by molar-refractivity contribution is 8.02. The molecule has 0 aliphatic carbocycles. The van der Waals surface area contributed by atoms with E-state index in [1.807, 2.05) is 0 Å². The third kappa shape index (κ3) is 3.01. The first-order valence-electron chi connectivity index (χ1n) is 3.06. The lowest BCUT2D eigenvalue weighted by Crippen LogP contribution is -2.12. The molecule has 0 heterocycles. The molecule has 0 amide bonds. The number of nitrogens with one attached hydrogen (secondary N) is 1. The van der Waals surface area contributed by atoms with Crippen molar-refractivity contribution < 1.29 is 0 Å². The van der Waals surface area contributed by atoms with Crippen LogP contribution in [0.3, 0.4) is 0 Å². The molecule has 12 heavy (non-hydrogen) atoms. The second kappa shape index (κ2) is 6.16. The minimum Gasteiger partial charge on any atom is -0.367 e. The van der Waals surface area contributed by atoms with Crippen LogP contribution in [0.25, 0.3) is 0 Å². The van der Waals surface area contributed by atoms with Crippen LogP contribution in [0, 0.1) is 35.0 Å². The average molecular weight is 177 g/mol. The van der Waals surface area contributed by atoms with Gasteiger partial charge in [-0.15, -0.1) is 18.2 Å². The van der Waals surface area contributed by atoms with Crippen LogP contribution >= 0.6 is 11.8 Å². The first-order chi connectivity index (χ1) is 5.79. The zero-order valence-corrected chi connectivity index (χ0v) is 7.40. The number of allylic oxidation sites excluding steroid dienone is 1. The van der Waals surface area contributed by atoms with Crippen molar-refractivity contribution in [3.8, 4) is 24.5 Å². The minimum atomic E-state index is 0.0674. The lowest BCUT2D eigenvalue weighted by atomic mass is 10.3. The average Bonchev–Trinajstić information content (AvgIpc) is 2.12. The van der Waals surface area contributed by atoms with Crippen molar-refractivity contribution >= 4 is 11.8 Å². The van der Waals surface area contributed by atoms with E-state index in [1.54, 1.807) is 18.4 Å². The van der Waals surface area contributed by atoms with Crippen LogP contribution in [0.1, 0.15) is 0 Å². The van der Waals surface area contributed by atoms with Gasteiger partial charge in [0.2, 0.25) is 0 Å². The smallest absolute Gasteiger partial charge is 0.159 e. The predicted molar refractivity (Wildman–Crippen MR) is 48.6 cm³/mol. The number of rotatable bonds is 3. The summed E-state index contributed by atoms with van der Waals surface area (Å²) in [5.41, 5.74) is 0.0674. The lowest BCUT2D eigenvalue weighted by Gasteiger charge is -2.03. The second-order valence-electron chi connectivity index (χ2n) is 1.69. The van der Waals surface area contributed by atoms with Gasteiger partial charge in [-0.3, -0.25) is 0 Å². The summed E-state index contributed by atoms with van der Waals surface area (Å²) in [6.45, 7) is 0.322. The van der Waals surface area contributed by atoms with Crippen LogP contribution in [0.2, 0.25) is 0 Å². The summed E-state index contributed by atoms with van der Waals surface area (Å²) in [5.74, 6) is 2.36. The van der Waals surface area contributed by atoms with Gasteiger partial charge in [-0.2, -0.15) is 10.5 Å². The van der Waals surface area contributed by atoms with Crippen LogP contribution in [0.15, 0.2) is 10.6 Å². The Hall–Kier alpha value is -1.57. The maximum Gasteiger partial charge on any atom is 0.159 e. The molecule has 1 N–H and O–H groups in total. The van der Waals surface area contributed by atoms with Gasteiger partial charge in [0, 0.05) is 0 Å². The monoisotopic (exact) mass is 177 g/mol. The van der Waals surface area contributed by atoms with Crippen molar-refractivity contribution in [3.63, 3.8) is 0 Å². The molecule has 0 radical (unpaired) electrons.